The van der Waals surface area contributed by atoms with Gasteiger partial charge in [-0.3, -0.25) is 14.4 Å². The molecule has 2 N–H and O–H groups in total. The zero-order valence-corrected chi connectivity index (χ0v) is 16.3. The predicted molar refractivity (Wildman–Crippen MR) is 110 cm³/mol. The molecule has 148 valence electrons. The van der Waals surface area contributed by atoms with Crippen molar-refractivity contribution in [2.45, 2.75) is 23.5 Å². The lowest BCUT2D eigenvalue weighted by Crippen LogP contribution is -2.31. The van der Waals surface area contributed by atoms with E-state index in [4.69, 9.17) is 5.11 Å². The van der Waals surface area contributed by atoms with Crippen molar-refractivity contribution in [3.05, 3.63) is 66.2 Å². The molecule has 1 heterocycles. The SMILES string of the molecule is Cc1cccc(N2C(=O)C[C@H](Sc3cccc(NC(=O)/C=C/C(=O)O)c3)C2=O)c1. The third-order valence-corrected chi connectivity index (χ3v) is 5.30. The highest BCUT2D eigenvalue weighted by molar-refractivity contribution is 8.00. The van der Waals surface area contributed by atoms with Crippen molar-refractivity contribution in [2.75, 3.05) is 10.2 Å². The average molecular weight is 410 g/mol. The molecule has 7 nitrogen and oxygen atoms in total. The summed E-state index contributed by atoms with van der Waals surface area (Å²) in [6.07, 6.45) is 1.76. The van der Waals surface area contributed by atoms with Crippen LogP contribution in [0.5, 0.6) is 0 Å². The maximum absolute atomic E-state index is 12.8. The monoisotopic (exact) mass is 410 g/mol. The molecule has 0 saturated carbocycles. The Morgan fingerprint density at radius 2 is 1.90 bits per heavy atom. The van der Waals surface area contributed by atoms with Gasteiger partial charge in [0.1, 0.15) is 0 Å². The standard InChI is InChI=1S/C21H18N2O5S/c1-13-4-2-6-15(10-13)23-19(25)12-17(21(23)28)29-16-7-3-5-14(11-16)22-18(24)8-9-20(26)27/h2-11,17H,12H2,1H3,(H,22,24)(H,26,27)/b9-8+/t17-/m0/s1. The number of carboxylic acid groups (broad SMARTS) is 1. The molecule has 0 aromatic heterocycles. The summed E-state index contributed by atoms with van der Waals surface area (Å²) in [6, 6.07) is 14.0. The van der Waals surface area contributed by atoms with Gasteiger partial charge in [0.15, 0.2) is 0 Å². The molecule has 1 aliphatic heterocycles. The van der Waals surface area contributed by atoms with Gasteiger partial charge in [0, 0.05) is 29.2 Å². The quantitative estimate of drug-likeness (QED) is 0.560. The molecule has 1 atom stereocenters. The average Bonchev–Trinajstić information content (AvgIpc) is 2.93. The first-order valence-corrected chi connectivity index (χ1v) is 9.63. The lowest BCUT2D eigenvalue weighted by molar-refractivity contribution is -0.131. The molecule has 0 bridgehead atoms. The summed E-state index contributed by atoms with van der Waals surface area (Å²) < 4.78 is 0. The predicted octanol–water partition coefficient (Wildman–Crippen LogP) is 3.00. The first-order valence-electron chi connectivity index (χ1n) is 8.75. The van der Waals surface area contributed by atoms with E-state index in [1.54, 1.807) is 42.5 Å². The van der Waals surface area contributed by atoms with E-state index < -0.39 is 17.1 Å². The summed E-state index contributed by atoms with van der Waals surface area (Å²) in [6.45, 7) is 1.90. The Kier molecular flexibility index (Phi) is 6.13. The molecule has 3 amide bonds. The van der Waals surface area contributed by atoms with Crippen molar-refractivity contribution in [1.82, 2.24) is 0 Å². The highest BCUT2D eigenvalue weighted by Crippen LogP contribution is 2.35. The zero-order valence-electron chi connectivity index (χ0n) is 15.5. The fourth-order valence-electron chi connectivity index (χ4n) is 2.88. The van der Waals surface area contributed by atoms with Gasteiger partial charge in [0.05, 0.1) is 10.9 Å². The minimum Gasteiger partial charge on any atom is -0.478 e. The molecule has 3 rings (SSSR count). The highest BCUT2D eigenvalue weighted by atomic mass is 32.2. The fourth-order valence-corrected chi connectivity index (χ4v) is 3.99. The molecule has 1 fully saturated rings. The van der Waals surface area contributed by atoms with E-state index in [-0.39, 0.29) is 18.2 Å². The molecule has 1 saturated heterocycles. The first-order chi connectivity index (χ1) is 13.8. The summed E-state index contributed by atoms with van der Waals surface area (Å²) in [5.41, 5.74) is 1.98. The summed E-state index contributed by atoms with van der Waals surface area (Å²) in [5.74, 6) is -2.31. The van der Waals surface area contributed by atoms with Crippen LogP contribution in [0.25, 0.3) is 0 Å². The second kappa shape index (κ2) is 8.74. The Hall–Kier alpha value is -3.39. The Labute approximate surface area is 171 Å². The second-order valence-corrected chi connectivity index (χ2v) is 7.68. The number of aliphatic carboxylic acids is 1. The number of carbonyl (C=O) groups is 4. The Balaban J connectivity index is 1.70. The number of rotatable bonds is 6. The molecule has 0 radical (unpaired) electrons. The first kappa shape index (κ1) is 20.3. The van der Waals surface area contributed by atoms with Gasteiger partial charge in [-0.15, -0.1) is 11.8 Å². The van der Waals surface area contributed by atoms with Gasteiger partial charge in [0.25, 0.3) is 0 Å². The fraction of sp³-hybridized carbons (Fsp3) is 0.143. The van der Waals surface area contributed by atoms with E-state index in [1.165, 1.54) is 16.7 Å². The summed E-state index contributed by atoms with van der Waals surface area (Å²) in [5, 5.41) is 10.6. The number of thioether (sulfide) groups is 1. The van der Waals surface area contributed by atoms with Crippen LogP contribution in [-0.4, -0.2) is 34.0 Å². The number of hydrogen-bond acceptors (Lipinski definition) is 5. The largest absolute Gasteiger partial charge is 0.478 e. The van der Waals surface area contributed by atoms with Crippen LogP contribution in [0.4, 0.5) is 11.4 Å². The normalized spacial score (nSPS) is 16.4. The van der Waals surface area contributed by atoms with Crippen LogP contribution in [0.3, 0.4) is 0 Å². The van der Waals surface area contributed by atoms with E-state index in [1.807, 2.05) is 13.0 Å². The number of hydrogen-bond donors (Lipinski definition) is 2. The molecule has 29 heavy (non-hydrogen) atoms. The van der Waals surface area contributed by atoms with Crippen LogP contribution in [-0.2, 0) is 19.2 Å². The van der Waals surface area contributed by atoms with E-state index in [9.17, 15) is 19.2 Å². The van der Waals surface area contributed by atoms with Crippen molar-refractivity contribution < 1.29 is 24.3 Å². The number of carbonyl (C=O) groups excluding carboxylic acids is 3. The molecule has 0 aliphatic carbocycles. The van der Waals surface area contributed by atoms with Crippen LogP contribution in [0, 0.1) is 6.92 Å². The Morgan fingerprint density at radius 1 is 1.14 bits per heavy atom. The van der Waals surface area contributed by atoms with Gasteiger partial charge in [-0.2, -0.15) is 0 Å². The van der Waals surface area contributed by atoms with Crippen molar-refractivity contribution in [3.63, 3.8) is 0 Å². The summed E-state index contributed by atoms with van der Waals surface area (Å²) >= 11 is 1.25. The van der Waals surface area contributed by atoms with Gasteiger partial charge in [-0.1, -0.05) is 18.2 Å². The third-order valence-electron chi connectivity index (χ3n) is 4.12. The van der Waals surface area contributed by atoms with Gasteiger partial charge in [-0.05, 0) is 42.8 Å². The lowest BCUT2D eigenvalue weighted by atomic mass is 10.2. The van der Waals surface area contributed by atoms with E-state index >= 15 is 0 Å². The molecule has 2 aromatic rings. The second-order valence-electron chi connectivity index (χ2n) is 6.41. The molecular formula is C21H18N2O5S. The van der Waals surface area contributed by atoms with Gasteiger partial charge >= 0.3 is 5.97 Å². The lowest BCUT2D eigenvalue weighted by Gasteiger charge is -2.15. The van der Waals surface area contributed by atoms with E-state index in [0.29, 0.717) is 16.3 Å². The van der Waals surface area contributed by atoms with Gasteiger partial charge in [0.2, 0.25) is 17.7 Å². The smallest absolute Gasteiger partial charge is 0.328 e. The number of nitrogens with one attached hydrogen (secondary N) is 1. The number of amides is 3. The van der Waals surface area contributed by atoms with E-state index in [2.05, 4.69) is 5.32 Å². The molecule has 2 aromatic carbocycles. The van der Waals surface area contributed by atoms with Crippen LogP contribution in [0.2, 0.25) is 0 Å². The summed E-state index contributed by atoms with van der Waals surface area (Å²) in [7, 11) is 0. The van der Waals surface area contributed by atoms with E-state index in [0.717, 1.165) is 17.7 Å². The minimum absolute atomic E-state index is 0.0926. The van der Waals surface area contributed by atoms with Crippen molar-refractivity contribution in [3.8, 4) is 0 Å². The maximum Gasteiger partial charge on any atom is 0.328 e. The van der Waals surface area contributed by atoms with Crippen LogP contribution in [0.15, 0.2) is 65.6 Å². The van der Waals surface area contributed by atoms with Crippen molar-refractivity contribution >= 4 is 46.8 Å². The zero-order chi connectivity index (χ0) is 21.0. The molecular weight excluding hydrogens is 392 g/mol. The number of anilines is 2. The molecule has 0 spiro atoms. The van der Waals surface area contributed by atoms with Crippen molar-refractivity contribution in [2.24, 2.45) is 0 Å². The number of carboxylic acids is 1. The number of benzene rings is 2. The third kappa shape index (κ3) is 5.11. The van der Waals surface area contributed by atoms with Crippen LogP contribution in [0.1, 0.15) is 12.0 Å². The topological polar surface area (TPSA) is 104 Å². The van der Waals surface area contributed by atoms with Crippen LogP contribution >= 0.6 is 11.8 Å². The molecule has 0 unspecified atom stereocenters. The van der Waals surface area contributed by atoms with Gasteiger partial charge in [-0.25, -0.2) is 9.69 Å². The van der Waals surface area contributed by atoms with Crippen molar-refractivity contribution in [1.29, 1.82) is 0 Å². The Morgan fingerprint density at radius 3 is 2.62 bits per heavy atom. The summed E-state index contributed by atoms with van der Waals surface area (Å²) in [4.78, 5) is 49.3. The Bertz CT molecular complexity index is 1020. The molecule has 8 heteroatoms. The number of imide groups is 1. The van der Waals surface area contributed by atoms with Gasteiger partial charge < -0.3 is 10.4 Å². The van der Waals surface area contributed by atoms with Crippen LogP contribution < -0.4 is 10.2 Å². The minimum atomic E-state index is -1.22. The number of aryl methyl sites for hydroxylation is 1. The number of nitrogens with zero attached hydrogens (tertiary/aromatic N) is 1. The molecule has 1 aliphatic rings. The highest BCUT2D eigenvalue weighted by Gasteiger charge is 2.40. The maximum atomic E-state index is 12.8.